The van der Waals surface area contributed by atoms with Gasteiger partial charge in [0.05, 0.1) is 10.9 Å². The fourth-order valence-electron chi connectivity index (χ4n) is 3.60. The molecule has 26 heavy (non-hydrogen) atoms. The van der Waals surface area contributed by atoms with Gasteiger partial charge < -0.3 is 10.3 Å². The third-order valence-corrected chi connectivity index (χ3v) is 4.95. The van der Waals surface area contributed by atoms with E-state index in [1.807, 2.05) is 18.2 Å². The summed E-state index contributed by atoms with van der Waals surface area (Å²) in [7, 11) is 0. The number of para-hydroxylation sites is 1. The number of benzene rings is 3. The van der Waals surface area contributed by atoms with Gasteiger partial charge in [-0.3, -0.25) is 4.79 Å². The number of H-pyrrole nitrogens is 1. The van der Waals surface area contributed by atoms with Gasteiger partial charge in [0.2, 0.25) is 0 Å². The van der Waals surface area contributed by atoms with Crippen molar-refractivity contribution in [3.05, 3.63) is 88.5 Å². The van der Waals surface area contributed by atoms with Gasteiger partial charge in [0.15, 0.2) is 5.82 Å². The van der Waals surface area contributed by atoms with Crippen molar-refractivity contribution in [2.24, 2.45) is 0 Å². The minimum atomic E-state index is -0.0799. The molecule has 3 N–H and O–H groups in total. The smallest absolute Gasteiger partial charge is 0.258 e. The number of aromatic amines is 1. The Bertz CT molecular complexity index is 1130. The van der Waals surface area contributed by atoms with Crippen LogP contribution in [0.5, 0.6) is 0 Å². The lowest BCUT2D eigenvalue weighted by Gasteiger charge is -2.18. The second-order valence-electron chi connectivity index (χ2n) is 6.81. The first-order chi connectivity index (χ1) is 12.6. The zero-order chi connectivity index (χ0) is 18.1. The molecule has 2 atom stereocenters. The van der Waals surface area contributed by atoms with Gasteiger partial charge in [0, 0.05) is 5.56 Å². The van der Waals surface area contributed by atoms with Gasteiger partial charge in [-0.25, -0.2) is 4.98 Å². The Morgan fingerprint density at radius 1 is 0.846 bits per heavy atom. The highest BCUT2D eigenvalue weighted by molar-refractivity contribution is 5.85. The monoisotopic (exact) mass is 344 g/mol. The predicted octanol–water partition coefficient (Wildman–Crippen LogP) is 3.46. The lowest BCUT2D eigenvalue weighted by molar-refractivity contribution is -0.729. The van der Waals surface area contributed by atoms with Crippen molar-refractivity contribution >= 4 is 21.7 Å². The zero-order valence-corrected chi connectivity index (χ0v) is 14.9. The van der Waals surface area contributed by atoms with Crippen LogP contribution >= 0.6 is 0 Å². The molecule has 4 aromatic rings. The third kappa shape index (κ3) is 3.00. The van der Waals surface area contributed by atoms with Crippen molar-refractivity contribution < 1.29 is 5.32 Å². The molecule has 0 spiro atoms. The summed E-state index contributed by atoms with van der Waals surface area (Å²) in [5.74, 6) is 0.709. The fourth-order valence-corrected chi connectivity index (χ4v) is 3.60. The molecule has 0 saturated carbocycles. The molecule has 0 amide bonds. The molecule has 0 aliphatic carbocycles. The van der Waals surface area contributed by atoms with Crippen molar-refractivity contribution in [1.82, 2.24) is 9.97 Å². The van der Waals surface area contributed by atoms with Crippen LogP contribution in [-0.4, -0.2) is 9.97 Å². The molecular weight excluding hydrogens is 322 g/mol. The van der Waals surface area contributed by atoms with Crippen LogP contribution in [0, 0.1) is 0 Å². The summed E-state index contributed by atoms with van der Waals surface area (Å²) in [6.45, 7) is 4.27. The SMILES string of the molecule is C[C@H]([NH2+][C@H](C)c1nc2ccccc2c(=O)[nH]1)c1cccc2ccccc12. The maximum Gasteiger partial charge on any atom is 0.258 e. The van der Waals surface area contributed by atoms with Crippen LogP contribution in [0.2, 0.25) is 0 Å². The first kappa shape index (κ1) is 16.5. The van der Waals surface area contributed by atoms with Crippen LogP contribution in [-0.2, 0) is 0 Å². The van der Waals surface area contributed by atoms with Gasteiger partial charge in [-0.05, 0) is 36.8 Å². The number of rotatable bonds is 4. The maximum atomic E-state index is 12.3. The summed E-state index contributed by atoms with van der Waals surface area (Å²) in [5.41, 5.74) is 1.95. The van der Waals surface area contributed by atoms with E-state index in [9.17, 15) is 4.79 Å². The van der Waals surface area contributed by atoms with Crippen LogP contribution in [0.1, 0.15) is 37.3 Å². The predicted molar refractivity (Wildman–Crippen MR) is 105 cm³/mol. The highest BCUT2D eigenvalue weighted by Gasteiger charge is 2.19. The number of hydrogen-bond acceptors (Lipinski definition) is 2. The van der Waals surface area contributed by atoms with E-state index in [2.05, 4.69) is 71.6 Å². The van der Waals surface area contributed by atoms with Gasteiger partial charge in [0.25, 0.3) is 5.56 Å². The standard InChI is InChI=1S/C22H21N3O/c1-14(17-12-7-9-16-8-3-4-10-18(16)17)23-15(2)21-24-20-13-6-5-11-19(20)22(26)25-21/h3-15,23H,1-2H3,(H,24,25,26)/p+1/t14-,15+/m0/s1. The summed E-state index contributed by atoms with van der Waals surface area (Å²) in [4.78, 5) is 19.9. The normalized spacial score (nSPS) is 13.8. The molecule has 1 heterocycles. The Balaban J connectivity index is 1.65. The van der Waals surface area contributed by atoms with Gasteiger partial charge >= 0.3 is 0 Å². The Kier molecular flexibility index (Phi) is 4.27. The van der Waals surface area contributed by atoms with E-state index in [-0.39, 0.29) is 17.6 Å². The number of nitrogens with two attached hydrogens (primary N) is 1. The number of nitrogens with one attached hydrogen (secondary N) is 1. The van der Waals surface area contributed by atoms with E-state index in [1.165, 1.54) is 16.3 Å². The molecular formula is C22H22N3O+. The van der Waals surface area contributed by atoms with Crippen LogP contribution in [0.15, 0.2) is 71.5 Å². The minimum Gasteiger partial charge on any atom is -0.332 e. The number of nitrogens with zero attached hydrogens (tertiary/aromatic N) is 1. The molecule has 0 fully saturated rings. The zero-order valence-electron chi connectivity index (χ0n) is 14.9. The molecule has 0 unspecified atom stereocenters. The summed E-state index contributed by atoms with van der Waals surface area (Å²) in [5, 5.41) is 5.39. The Hall–Kier alpha value is -2.98. The molecule has 0 bridgehead atoms. The van der Waals surface area contributed by atoms with Crippen LogP contribution in [0.25, 0.3) is 21.7 Å². The van der Waals surface area contributed by atoms with E-state index in [0.717, 1.165) is 5.52 Å². The molecule has 3 aromatic carbocycles. The molecule has 1 aromatic heterocycles. The van der Waals surface area contributed by atoms with Crippen molar-refractivity contribution in [3.8, 4) is 0 Å². The van der Waals surface area contributed by atoms with Crippen molar-refractivity contribution in [1.29, 1.82) is 0 Å². The van der Waals surface area contributed by atoms with E-state index >= 15 is 0 Å². The third-order valence-electron chi connectivity index (χ3n) is 4.95. The van der Waals surface area contributed by atoms with Crippen molar-refractivity contribution in [3.63, 3.8) is 0 Å². The largest absolute Gasteiger partial charge is 0.332 e. The molecule has 0 saturated heterocycles. The summed E-state index contributed by atoms with van der Waals surface area (Å²) >= 11 is 0. The van der Waals surface area contributed by atoms with E-state index in [0.29, 0.717) is 11.2 Å². The number of aromatic nitrogens is 2. The molecule has 0 aliphatic heterocycles. The summed E-state index contributed by atoms with van der Waals surface area (Å²) in [6, 6.07) is 22.6. The summed E-state index contributed by atoms with van der Waals surface area (Å²) < 4.78 is 0. The van der Waals surface area contributed by atoms with E-state index in [1.54, 1.807) is 6.07 Å². The highest BCUT2D eigenvalue weighted by Crippen LogP contribution is 2.22. The average molecular weight is 344 g/mol. The Morgan fingerprint density at radius 2 is 1.54 bits per heavy atom. The highest BCUT2D eigenvalue weighted by atomic mass is 16.1. The second-order valence-corrected chi connectivity index (χ2v) is 6.81. The van der Waals surface area contributed by atoms with E-state index in [4.69, 9.17) is 0 Å². The van der Waals surface area contributed by atoms with Crippen LogP contribution in [0.3, 0.4) is 0 Å². The quantitative estimate of drug-likeness (QED) is 0.595. The molecule has 4 rings (SSSR count). The van der Waals surface area contributed by atoms with Gasteiger partial charge in [0.1, 0.15) is 12.1 Å². The molecule has 0 radical (unpaired) electrons. The molecule has 4 nitrogen and oxygen atoms in total. The molecule has 4 heteroatoms. The topological polar surface area (TPSA) is 62.4 Å². The van der Waals surface area contributed by atoms with Gasteiger partial charge in [-0.2, -0.15) is 0 Å². The summed E-state index contributed by atoms with van der Waals surface area (Å²) in [6.07, 6.45) is 0. The first-order valence-electron chi connectivity index (χ1n) is 8.95. The van der Waals surface area contributed by atoms with Gasteiger partial charge in [-0.15, -0.1) is 0 Å². The van der Waals surface area contributed by atoms with Crippen LogP contribution in [0.4, 0.5) is 0 Å². The van der Waals surface area contributed by atoms with E-state index < -0.39 is 0 Å². The Morgan fingerprint density at radius 3 is 2.38 bits per heavy atom. The number of quaternary nitrogens is 1. The lowest BCUT2D eigenvalue weighted by Crippen LogP contribution is -2.85. The molecule has 130 valence electrons. The lowest BCUT2D eigenvalue weighted by atomic mass is 9.99. The first-order valence-corrected chi connectivity index (χ1v) is 8.95. The number of fused-ring (bicyclic) bond motifs is 2. The Labute approximate surface area is 151 Å². The van der Waals surface area contributed by atoms with Crippen molar-refractivity contribution in [2.45, 2.75) is 25.9 Å². The fraction of sp³-hybridized carbons (Fsp3) is 0.182. The maximum absolute atomic E-state index is 12.3. The molecule has 0 aliphatic rings. The van der Waals surface area contributed by atoms with Crippen molar-refractivity contribution in [2.75, 3.05) is 0 Å². The number of hydrogen-bond donors (Lipinski definition) is 2. The second kappa shape index (κ2) is 6.73. The van der Waals surface area contributed by atoms with Crippen LogP contribution < -0.4 is 10.9 Å². The minimum absolute atomic E-state index is 0.0428. The average Bonchev–Trinajstić information content (AvgIpc) is 2.67. The van der Waals surface area contributed by atoms with Gasteiger partial charge in [-0.1, -0.05) is 54.6 Å².